The first-order valence-electron chi connectivity index (χ1n) is 7.53. The average Bonchev–Trinajstić information content (AvgIpc) is 2.51. The molecule has 1 rings (SSSR count). The highest BCUT2D eigenvalue weighted by molar-refractivity contribution is 7.99. The molecular formula is C16H33NS. The van der Waals surface area contributed by atoms with E-state index in [0.717, 1.165) is 18.5 Å². The van der Waals surface area contributed by atoms with Crippen LogP contribution in [0.25, 0.3) is 0 Å². The Morgan fingerprint density at radius 1 is 1.00 bits per heavy atom. The number of hydrogen-bond donors (Lipinski definition) is 1. The summed E-state index contributed by atoms with van der Waals surface area (Å²) >= 11 is 1.96. The Morgan fingerprint density at radius 2 is 1.67 bits per heavy atom. The molecule has 0 heterocycles. The molecule has 0 radical (unpaired) electrons. The molecule has 1 fully saturated rings. The summed E-state index contributed by atoms with van der Waals surface area (Å²) in [5.74, 6) is 0.915. The predicted octanol–water partition coefficient (Wildman–Crippen LogP) is 4.71. The van der Waals surface area contributed by atoms with Gasteiger partial charge in [0.05, 0.1) is 0 Å². The fourth-order valence-electron chi connectivity index (χ4n) is 2.83. The molecular weight excluding hydrogens is 238 g/mol. The average molecular weight is 272 g/mol. The van der Waals surface area contributed by atoms with Gasteiger partial charge in [0, 0.05) is 17.3 Å². The number of thioether (sulfide) groups is 1. The van der Waals surface area contributed by atoms with Crippen LogP contribution in [-0.4, -0.2) is 23.6 Å². The van der Waals surface area contributed by atoms with E-state index in [1.54, 1.807) is 0 Å². The smallest absolute Gasteiger partial charge is 0.0225 e. The molecule has 0 bridgehead atoms. The molecule has 1 nitrogen and oxygen atoms in total. The van der Waals surface area contributed by atoms with Gasteiger partial charge in [-0.15, -0.1) is 0 Å². The van der Waals surface area contributed by atoms with Crippen molar-refractivity contribution in [1.29, 1.82) is 0 Å². The van der Waals surface area contributed by atoms with Gasteiger partial charge >= 0.3 is 0 Å². The van der Waals surface area contributed by atoms with Crippen molar-refractivity contribution in [1.82, 2.24) is 5.32 Å². The maximum atomic E-state index is 3.80. The lowest BCUT2D eigenvalue weighted by molar-refractivity contribution is 0.213. The summed E-state index contributed by atoms with van der Waals surface area (Å²) in [5, 5.41) is 3.80. The van der Waals surface area contributed by atoms with Crippen molar-refractivity contribution in [2.24, 2.45) is 11.3 Å². The lowest BCUT2D eigenvalue weighted by atomic mass is 9.76. The standard InChI is InChI=1S/C16H33NS/c1-15(2,3)13-8-7-9-14(11-10-13)17-12-16(4,5)18-6/h13-14,17H,7-12H2,1-6H3. The van der Waals surface area contributed by atoms with E-state index >= 15 is 0 Å². The van der Waals surface area contributed by atoms with Crippen molar-refractivity contribution in [2.45, 2.75) is 77.5 Å². The number of rotatable bonds is 4. The van der Waals surface area contributed by atoms with Crippen LogP contribution < -0.4 is 5.32 Å². The highest BCUT2D eigenvalue weighted by Crippen LogP contribution is 2.36. The van der Waals surface area contributed by atoms with Crippen molar-refractivity contribution >= 4 is 11.8 Å². The van der Waals surface area contributed by atoms with Gasteiger partial charge in [-0.2, -0.15) is 11.8 Å². The molecule has 1 saturated carbocycles. The van der Waals surface area contributed by atoms with Crippen LogP contribution in [0.3, 0.4) is 0 Å². The van der Waals surface area contributed by atoms with Gasteiger partial charge in [0.2, 0.25) is 0 Å². The Labute approximate surface area is 119 Å². The van der Waals surface area contributed by atoms with Gasteiger partial charge in [0.1, 0.15) is 0 Å². The quantitative estimate of drug-likeness (QED) is 0.743. The van der Waals surface area contributed by atoms with Crippen molar-refractivity contribution in [3.8, 4) is 0 Å². The first-order chi connectivity index (χ1) is 8.24. The molecule has 108 valence electrons. The molecule has 2 atom stereocenters. The fourth-order valence-corrected chi connectivity index (χ4v) is 3.06. The molecule has 0 spiro atoms. The molecule has 2 heteroatoms. The third-order valence-corrected chi connectivity index (χ3v) is 5.81. The molecule has 2 unspecified atom stereocenters. The monoisotopic (exact) mass is 271 g/mol. The molecule has 18 heavy (non-hydrogen) atoms. The molecule has 0 aromatic carbocycles. The van der Waals surface area contributed by atoms with Gasteiger partial charge in [0.15, 0.2) is 0 Å². The molecule has 0 amide bonds. The van der Waals surface area contributed by atoms with Gasteiger partial charge < -0.3 is 5.32 Å². The Balaban J connectivity index is 2.38. The summed E-state index contributed by atoms with van der Waals surface area (Å²) in [6, 6.07) is 0.753. The predicted molar refractivity (Wildman–Crippen MR) is 85.4 cm³/mol. The van der Waals surface area contributed by atoms with E-state index in [9.17, 15) is 0 Å². The number of nitrogens with one attached hydrogen (secondary N) is 1. The minimum Gasteiger partial charge on any atom is -0.313 e. The molecule has 1 N–H and O–H groups in total. The lowest BCUT2D eigenvalue weighted by Gasteiger charge is -2.30. The third-order valence-electron chi connectivity index (χ3n) is 4.56. The first-order valence-corrected chi connectivity index (χ1v) is 8.75. The van der Waals surface area contributed by atoms with E-state index in [4.69, 9.17) is 0 Å². The first kappa shape index (κ1) is 16.4. The van der Waals surface area contributed by atoms with Crippen LogP contribution in [0.15, 0.2) is 0 Å². The van der Waals surface area contributed by atoms with Gasteiger partial charge in [-0.3, -0.25) is 0 Å². The van der Waals surface area contributed by atoms with Crippen LogP contribution in [0, 0.1) is 11.3 Å². The Kier molecular flexibility index (Phi) is 6.05. The largest absolute Gasteiger partial charge is 0.313 e. The Hall–Kier alpha value is 0.310. The van der Waals surface area contributed by atoms with Crippen LogP contribution >= 0.6 is 11.8 Å². The van der Waals surface area contributed by atoms with Crippen LogP contribution in [0.2, 0.25) is 0 Å². The molecule has 0 saturated heterocycles. The topological polar surface area (TPSA) is 12.0 Å². The second-order valence-corrected chi connectivity index (χ2v) is 9.13. The Morgan fingerprint density at radius 3 is 2.22 bits per heavy atom. The second-order valence-electron chi connectivity index (χ2n) is 7.61. The van der Waals surface area contributed by atoms with Crippen LogP contribution in [-0.2, 0) is 0 Å². The van der Waals surface area contributed by atoms with Crippen molar-refractivity contribution < 1.29 is 0 Å². The summed E-state index contributed by atoms with van der Waals surface area (Å²) < 4.78 is 0.371. The van der Waals surface area contributed by atoms with Gasteiger partial charge in [0.25, 0.3) is 0 Å². The van der Waals surface area contributed by atoms with Crippen LogP contribution in [0.5, 0.6) is 0 Å². The van der Waals surface area contributed by atoms with E-state index in [2.05, 4.69) is 46.2 Å². The van der Waals surface area contributed by atoms with Crippen molar-refractivity contribution in [3.05, 3.63) is 0 Å². The van der Waals surface area contributed by atoms with E-state index in [1.807, 2.05) is 11.8 Å². The van der Waals surface area contributed by atoms with E-state index < -0.39 is 0 Å². The summed E-state index contributed by atoms with van der Waals surface area (Å²) in [6.07, 6.45) is 9.18. The van der Waals surface area contributed by atoms with Gasteiger partial charge in [-0.05, 0) is 57.1 Å². The third kappa shape index (κ3) is 5.52. The zero-order chi connectivity index (χ0) is 13.8. The highest BCUT2D eigenvalue weighted by atomic mass is 32.2. The lowest BCUT2D eigenvalue weighted by Crippen LogP contribution is -2.38. The summed E-state index contributed by atoms with van der Waals surface area (Å²) in [5.41, 5.74) is 0.493. The molecule has 0 aromatic rings. The minimum absolute atomic E-state index is 0.371. The summed E-state index contributed by atoms with van der Waals surface area (Å²) in [7, 11) is 0. The Bertz CT molecular complexity index is 242. The van der Waals surface area contributed by atoms with Gasteiger partial charge in [-0.25, -0.2) is 0 Å². The summed E-state index contributed by atoms with van der Waals surface area (Å²) in [4.78, 5) is 0. The summed E-state index contributed by atoms with van der Waals surface area (Å²) in [6.45, 7) is 13.0. The van der Waals surface area contributed by atoms with Crippen molar-refractivity contribution in [2.75, 3.05) is 12.8 Å². The molecule has 1 aliphatic carbocycles. The SMILES string of the molecule is CSC(C)(C)CNC1CCCC(C(C)(C)C)CC1. The zero-order valence-corrected chi connectivity index (χ0v) is 14.1. The molecule has 0 aromatic heterocycles. The van der Waals surface area contributed by atoms with E-state index in [1.165, 1.54) is 32.1 Å². The van der Waals surface area contributed by atoms with Gasteiger partial charge in [-0.1, -0.05) is 27.2 Å². The van der Waals surface area contributed by atoms with Crippen LogP contribution in [0.1, 0.15) is 66.7 Å². The maximum absolute atomic E-state index is 3.80. The minimum atomic E-state index is 0.371. The maximum Gasteiger partial charge on any atom is 0.0225 e. The number of hydrogen-bond acceptors (Lipinski definition) is 2. The van der Waals surface area contributed by atoms with Crippen LogP contribution in [0.4, 0.5) is 0 Å². The fraction of sp³-hybridized carbons (Fsp3) is 1.00. The zero-order valence-electron chi connectivity index (χ0n) is 13.3. The van der Waals surface area contributed by atoms with E-state index in [0.29, 0.717) is 10.2 Å². The molecule has 1 aliphatic rings. The molecule has 0 aliphatic heterocycles. The van der Waals surface area contributed by atoms with Crippen molar-refractivity contribution in [3.63, 3.8) is 0 Å². The normalized spacial score (nSPS) is 27.0. The second kappa shape index (κ2) is 6.65. The highest BCUT2D eigenvalue weighted by Gasteiger charge is 2.28. The van der Waals surface area contributed by atoms with E-state index in [-0.39, 0.29) is 0 Å².